The molecule has 0 aliphatic heterocycles. The first kappa shape index (κ1) is 14.1. The Balaban J connectivity index is 1.95. The Labute approximate surface area is 124 Å². The molecule has 3 rings (SSSR count). The van der Waals surface area contributed by atoms with E-state index in [1.54, 1.807) is 10.9 Å². The minimum Gasteiger partial charge on any atom is -0.493 e. The number of imidazole rings is 1. The molecule has 9 heteroatoms. The Morgan fingerprint density at radius 3 is 2.77 bits per heavy atom. The van der Waals surface area contributed by atoms with Crippen molar-refractivity contribution in [3.8, 4) is 11.6 Å². The molecule has 0 unspecified atom stereocenters. The highest BCUT2D eigenvalue weighted by Gasteiger charge is 2.16. The number of hydrogen-bond donors (Lipinski definition) is 3. The number of nitrogens with zero attached hydrogens (tertiary/aromatic N) is 4. The van der Waals surface area contributed by atoms with E-state index in [0.717, 1.165) is 15.8 Å². The standard InChI is InChI=1S/C13H15N5O4/c1-7-10(8(2)22-16-7)5-17-4-9(3-14-17)18-12(20)11(6-19)15-13(18)21/h3-4,19-20H,5-6H2,1-2H3,(H,15,21). The van der Waals surface area contributed by atoms with Gasteiger partial charge in [0.05, 0.1) is 30.7 Å². The topological polar surface area (TPSA) is 122 Å². The molecule has 0 spiro atoms. The normalized spacial score (nSPS) is 11.2. The predicted octanol–water partition coefficient (Wildman–Crippen LogP) is 0.213. The molecule has 22 heavy (non-hydrogen) atoms. The van der Waals surface area contributed by atoms with Crippen LogP contribution in [-0.4, -0.2) is 34.7 Å². The fraction of sp³-hybridized carbons (Fsp3) is 0.308. The molecule has 3 aromatic rings. The summed E-state index contributed by atoms with van der Waals surface area (Å²) in [7, 11) is 0. The van der Waals surface area contributed by atoms with Crippen molar-refractivity contribution in [3.05, 3.63) is 45.6 Å². The number of rotatable bonds is 4. The van der Waals surface area contributed by atoms with Crippen molar-refractivity contribution in [1.82, 2.24) is 24.5 Å². The van der Waals surface area contributed by atoms with Gasteiger partial charge in [-0.25, -0.2) is 9.36 Å². The van der Waals surface area contributed by atoms with Gasteiger partial charge in [0.1, 0.15) is 11.5 Å². The van der Waals surface area contributed by atoms with Gasteiger partial charge >= 0.3 is 5.69 Å². The number of hydrogen-bond acceptors (Lipinski definition) is 6. The smallest absolute Gasteiger partial charge is 0.333 e. The molecule has 3 N–H and O–H groups in total. The first-order valence-electron chi connectivity index (χ1n) is 6.59. The molecule has 0 fully saturated rings. The van der Waals surface area contributed by atoms with E-state index in [1.807, 2.05) is 13.8 Å². The van der Waals surface area contributed by atoms with Crippen LogP contribution >= 0.6 is 0 Å². The van der Waals surface area contributed by atoms with Crippen molar-refractivity contribution in [3.63, 3.8) is 0 Å². The lowest BCUT2D eigenvalue weighted by Crippen LogP contribution is -2.14. The van der Waals surface area contributed by atoms with Gasteiger partial charge < -0.3 is 19.7 Å². The summed E-state index contributed by atoms with van der Waals surface area (Å²) in [5.41, 5.74) is 1.60. The minimum absolute atomic E-state index is 0.0588. The molecule has 116 valence electrons. The molecule has 0 aliphatic carbocycles. The maximum absolute atomic E-state index is 11.8. The summed E-state index contributed by atoms with van der Waals surface area (Å²) in [4.78, 5) is 14.2. The van der Waals surface area contributed by atoms with Crippen molar-refractivity contribution in [1.29, 1.82) is 0 Å². The van der Waals surface area contributed by atoms with E-state index in [4.69, 9.17) is 9.63 Å². The minimum atomic E-state index is -0.543. The van der Waals surface area contributed by atoms with E-state index in [2.05, 4.69) is 15.2 Å². The van der Waals surface area contributed by atoms with Crippen molar-refractivity contribution in [2.75, 3.05) is 0 Å². The third-order valence-corrected chi connectivity index (χ3v) is 3.48. The molecule has 9 nitrogen and oxygen atoms in total. The van der Waals surface area contributed by atoms with Crippen LogP contribution in [0.3, 0.4) is 0 Å². The maximum atomic E-state index is 11.8. The van der Waals surface area contributed by atoms with Crippen molar-refractivity contribution in [2.45, 2.75) is 27.0 Å². The fourth-order valence-corrected chi connectivity index (χ4v) is 2.27. The molecular formula is C13H15N5O4. The van der Waals surface area contributed by atoms with Gasteiger partial charge in [0.25, 0.3) is 0 Å². The van der Waals surface area contributed by atoms with Gasteiger partial charge in [0, 0.05) is 11.8 Å². The summed E-state index contributed by atoms with van der Waals surface area (Å²) in [5.74, 6) is 0.378. The van der Waals surface area contributed by atoms with E-state index < -0.39 is 12.3 Å². The third kappa shape index (κ3) is 2.21. The van der Waals surface area contributed by atoms with E-state index >= 15 is 0 Å². The lowest BCUT2D eigenvalue weighted by molar-refractivity contribution is 0.270. The van der Waals surface area contributed by atoms with Crippen molar-refractivity contribution >= 4 is 0 Å². The molecule has 0 aliphatic rings. The molecule has 3 aromatic heterocycles. The van der Waals surface area contributed by atoms with Gasteiger partial charge in [-0.15, -0.1) is 0 Å². The Kier molecular flexibility index (Phi) is 3.33. The van der Waals surface area contributed by atoms with Gasteiger partial charge in [-0.05, 0) is 13.8 Å². The van der Waals surface area contributed by atoms with E-state index in [9.17, 15) is 9.90 Å². The van der Waals surface area contributed by atoms with E-state index in [-0.39, 0.29) is 11.6 Å². The van der Waals surface area contributed by atoms with Crippen LogP contribution in [0, 0.1) is 13.8 Å². The summed E-state index contributed by atoms with van der Waals surface area (Å²) in [6, 6.07) is 0. The Morgan fingerprint density at radius 2 is 2.18 bits per heavy atom. The van der Waals surface area contributed by atoms with E-state index in [0.29, 0.717) is 18.0 Å². The SMILES string of the molecule is Cc1noc(C)c1Cn1cc(-n2c(O)c(CO)[nH]c2=O)cn1. The number of aryl methyl sites for hydroxylation is 2. The molecule has 0 saturated heterocycles. The summed E-state index contributed by atoms with van der Waals surface area (Å²) in [5, 5.41) is 27.0. The fourth-order valence-electron chi connectivity index (χ4n) is 2.27. The molecule has 0 saturated carbocycles. The third-order valence-electron chi connectivity index (χ3n) is 3.48. The van der Waals surface area contributed by atoms with Crippen LogP contribution in [0.15, 0.2) is 21.7 Å². The van der Waals surface area contributed by atoms with Gasteiger partial charge in [0.15, 0.2) is 0 Å². The predicted molar refractivity (Wildman–Crippen MR) is 74.8 cm³/mol. The summed E-state index contributed by atoms with van der Waals surface area (Å²) in [6.07, 6.45) is 3.07. The van der Waals surface area contributed by atoms with E-state index in [1.165, 1.54) is 6.20 Å². The maximum Gasteiger partial charge on any atom is 0.333 e. The average Bonchev–Trinajstić information content (AvgIpc) is 3.14. The van der Waals surface area contributed by atoms with Crippen molar-refractivity contribution in [2.24, 2.45) is 0 Å². The number of aromatic hydroxyl groups is 1. The monoisotopic (exact) mass is 305 g/mol. The molecule has 0 amide bonds. The van der Waals surface area contributed by atoms with Crippen LogP contribution in [0.4, 0.5) is 0 Å². The molecule has 0 bridgehead atoms. The zero-order valence-electron chi connectivity index (χ0n) is 12.1. The van der Waals surface area contributed by atoms with Crippen LogP contribution in [-0.2, 0) is 13.2 Å². The highest BCUT2D eigenvalue weighted by atomic mass is 16.5. The Hall–Kier alpha value is -2.81. The number of aromatic amines is 1. The molecule has 3 heterocycles. The Morgan fingerprint density at radius 1 is 1.41 bits per heavy atom. The second-order valence-electron chi connectivity index (χ2n) is 4.92. The zero-order valence-corrected chi connectivity index (χ0v) is 12.1. The summed E-state index contributed by atoms with van der Waals surface area (Å²) < 4.78 is 7.75. The first-order valence-corrected chi connectivity index (χ1v) is 6.59. The number of aliphatic hydroxyl groups excluding tert-OH is 1. The van der Waals surface area contributed by atoms with Gasteiger partial charge in [-0.3, -0.25) is 4.68 Å². The largest absolute Gasteiger partial charge is 0.493 e. The quantitative estimate of drug-likeness (QED) is 0.633. The lowest BCUT2D eigenvalue weighted by Gasteiger charge is -2.01. The summed E-state index contributed by atoms with van der Waals surface area (Å²) >= 11 is 0. The molecule has 0 radical (unpaired) electrons. The van der Waals surface area contributed by atoms with Crippen LogP contribution in [0.5, 0.6) is 5.88 Å². The average molecular weight is 305 g/mol. The Bertz CT molecular complexity index is 850. The zero-order chi connectivity index (χ0) is 15.9. The van der Waals surface area contributed by atoms with Crippen LogP contribution in [0.2, 0.25) is 0 Å². The molecule has 0 aromatic carbocycles. The summed E-state index contributed by atoms with van der Waals surface area (Å²) in [6.45, 7) is 3.64. The van der Waals surface area contributed by atoms with Crippen molar-refractivity contribution < 1.29 is 14.7 Å². The second-order valence-corrected chi connectivity index (χ2v) is 4.92. The van der Waals surface area contributed by atoms with Gasteiger partial charge in [-0.2, -0.15) is 5.10 Å². The number of aromatic nitrogens is 5. The lowest BCUT2D eigenvalue weighted by atomic mass is 10.2. The second kappa shape index (κ2) is 5.19. The highest BCUT2D eigenvalue weighted by molar-refractivity contribution is 5.34. The van der Waals surface area contributed by atoms with Crippen LogP contribution in [0.25, 0.3) is 5.69 Å². The van der Waals surface area contributed by atoms with Crippen LogP contribution < -0.4 is 5.69 Å². The van der Waals surface area contributed by atoms with Gasteiger partial charge in [-0.1, -0.05) is 5.16 Å². The molecular weight excluding hydrogens is 290 g/mol. The van der Waals surface area contributed by atoms with Gasteiger partial charge in [0.2, 0.25) is 5.88 Å². The van der Waals surface area contributed by atoms with Crippen LogP contribution in [0.1, 0.15) is 22.7 Å². The number of H-pyrrole nitrogens is 1. The first-order chi connectivity index (χ1) is 10.5. The highest BCUT2D eigenvalue weighted by Crippen LogP contribution is 2.19. The molecule has 0 atom stereocenters. The number of aliphatic hydroxyl groups is 1. The number of nitrogens with one attached hydrogen (secondary N) is 1.